The van der Waals surface area contributed by atoms with Gasteiger partial charge >= 0.3 is 12.1 Å². The molecule has 4 nitrogen and oxygen atoms in total. The Labute approximate surface area is 168 Å². The molecule has 0 saturated heterocycles. The minimum absolute atomic E-state index is 0.167. The first kappa shape index (κ1) is 22.6. The van der Waals surface area contributed by atoms with Gasteiger partial charge in [-0.25, -0.2) is 0 Å². The van der Waals surface area contributed by atoms with Gasteiger partial charge in [0.15, 0.2) is 0 Å². The largest absolute Gasteiger partial charge is 0.494 e. The number of carbonyl (C=O) groups is 1. The highest BCUT2D eigenvalue weighted by atomic mass is 19.4. The first-order chi connectivity index (χ1) is 13.5. The molecule has 0 aromatic heterocycles. The Morgan fingerprint density at radius 1 is 0.897 bits per heavy atom. The predicted octanol–water partition coefficient (Wildman–Crippen LogP) is 6.24. The first-order valence-corrected chi connectivity index (χ1v) is 9.26. The van der Waals surface area contributed by atoms with Crippen molar-refractivity contribution < 1.29 is 32.2 Å². The molecule has 0 aliphatic heterocycles. The van der Waals surface area contributed by atoms with Crippen LogP contribution in [0.2, 0.25) is 0 Å². The van der Waals surface area contributed by atoms with Gasteiger partial charge in [-0.15, -0.1) is 0 Å². The van der Waals surface area contributed by atoms with Gasteiger partial charge in [-0.2, -0.15) is 13.2 Å². The summed E-state index contributed by atoms with van der Waals surface area (Å²) in [5.41, 5.74) is -1.38. The predicted molar refractivity (Wildman–Crippen MR) is 103 cm³/mol. The third kappa shape index (κ3) is 7.00. The number of alkyl halides is 3. The fourth-order valence-corrected chi connectivity index (χ4v) is 2.35. The van der Waals surface area contributed by atoms with Gasteiger partial charge in [0.25, 0.3) is 0 Å². The van der Waals surface area contributed by atoms with Crippen molar-refractivity contribution in [1.82, 2.24) is 0 Å². The molecule has 0 bridgehead atoms. The number of rotatable bonds is 8. The van der Waals surface area contributed by atoms with Gasteiger partial charge in [0.2, 0.25) is 0 Å². The van der Waals surface area contributed by atoms with Crippen molar-refractivity contribution >= 4 is 5.97 Å². The Hall–Kier alpha value is -2.70. The monoisotopic (exact) mass is 410 g/mol. The number of carbonyl (C=O) groups excluding carboxylic acids is 1. The van der Waals surface area contributed by atoms with E-state index in [4.69, 9.17) is 14.2 Å². The topological polar surface area (TPSA) is 44.8 Å². The number of ether oxygens (including phenoxy) is 3. The van der Waals surface area contributed by atoms with Crippen LogP contribution in [0.25, 0.3) is 0 Å². The second-order valence-corrected chi connectivity index (χ2v) is 7.53. The fraction of sp³-hybridized carbons (Fsp3) is 0.409. The molecule has 0 saturated carbocycles. The van der Waals surface area contributed by atoms with Gasteiger partial charge in [0.1, 0.15) is 17.2 Å². The third-order valence-electron chi connectivity index (χ3n) is 4.13. The normalized spacial score (nSPS) is 12.0. The summed E-state index contributed by atoms with van der Waals surface area (Å²) in [5, 5.41) is 0. The fourth-order valence-electron chi connectivity index (χ4n) is 2.35. The minimum Gasteiger partial charge on any atom is -0.494 e. The molecule has 0 fully saturated rings. The number of halogens is 3. The maximum atomic E-state index is 12.6. The van der Waals surface area contributed by atoms with Crippen LogP contribution in [0.5, 0.6) is 17.2 Å². The molecule has 7 heteroatoms. The maximum Gasteiger partial charge on any atom is 0.416 e. The Kier molecular flexibility index (Phi) is 7.16. The van der Waals surface area contributed by atoms with Crippen LogP contribution >= 0.6 is 0 Å². The van der Waals surface area contributed by atoms with Crippen LogP contribution in [-0.4, -0.2) is 18.7 Å². The molecule has 2 rings (SSSR count). The molecule has 29 heavy (non-hydrogen) atoms. The average Bonchev–Trinajstić information content (AvgIpc) is 2.62. The van der Waals surface area contributed by atoms with E-state index in [1.807, 2.05) is 13.8 Å². The van der Waals surface area contributed by atoms with Crippen LogP contribution in [0.3, 0.4) is 0 Å². The van der Waals surface area contributed by atoms with Gasteiger partial charge in [-0.3, -0.25) is 4.79 Å². The number of benzene rings is 2. The number of hydrogen-bond acceptors (Lipinski definition) is 4. The minimum atomic E-state index is -4.38. The van der Waals surface area contributed by atoms with E-state index in [-0.39, 0.29) is 12.1 Å². The van der Waals surface area contributed by atoms with E-state index in [9.17, 15) is 18.0 Å². The summed E-state index contributed by atoms with van der Waals surface area (Å²) in [4.78, 5) is 12.1. The maximum absolute atomic E-state index is 12.6. The highest BCUT2D eigenvalue weighted by Gasteiger charge is 2.30. The lowest BCUT2D eigenvalue weighted by Gasteiger charge is -2.23. The average molecular weight is 410 g/mol. The van der Waals surface area contributed by atoms with E-state index < -0.39 is 17.2 Å². The van der Waals surface area contributed by atoms with Crippen molar-refractivity contribution in [2.75, 3.05) is 6.61 Å². The quantitative estimate of drug-likeness (QED) is 0.483. The zero-order valence-corrected chi connectivity index (χ0v) is 16.9. The first-order valence-electron chi connectivity index (χ1n) is 9.26. The molecule has 0 N–H and O–H groups in total. The summed E-state index contributed by atoms with van der Waals surface area (Å²) in [5.74, 6) is 1.10. The summed E-state index contributed by atoms with van der Waals surface area (Å²) < 4.78 is 54.2. The number of hydrogen-bond donors (Lipinski definition) is 0. The van der Waals surface area contributed by atoms with Crippen LogP contribution in [0, 0.1) is 5.41 Å². The van der Waals surface area contributed by atoms with Gasteiger partial charge < -0.3 is 14.2 Å². The molecule has 0 aliphatic rings. The van der Waals surface area contributed by atoms with Gasteiger partial charge in [0.05, 0.1) is 23.7 Å². The highest BCUT2D eigenvalue weighted by molar-refractivity contribution is 5.76. The van der Waals surface area contributed by atoms with Crippen molar-refractivity contribution in [3.8, 4) is 17.2 Å². The standard InChI is InChI=1S/C22H25F3O4/c1-15(2)28-20(26)21(3,4)13-14-27-17-9-11-19(12-10-17)29-18-7-5-16(6-8-18)22(23,24)25/h5-12,15H,13-14H2,1-4H3. The lowest BCUT2D eigenvalue weighted by Crippen LogP contribution is -2.30. The molecule has 2 aromatic carbocycles. The Bertz CT molecular complexity index is 794. The van der Waals surface area contributed by atoms with E-state index >= 15 is 0 Å². The molecule has 2 aromatic rings. The second kappa shape index (κ2) is 9.20. The summed E-state index contributed by atoms with van der Waals surface area (Å²) >= 11 is 0. The van der Waals surface area contributed by atoms with Crippen LogP contribution in [0.4, 0.5) is 13.2 Å². The summed E-state index contributed by atoms with van der Waals surface area (Å²) in [6, 6.07) is 11.2. The SMILES string of the molecule is CC(C)OC(=O)C(C)(C)CCOc1ccc(Oc2ccc(C(F)(F)F)cc2)cc1. The van der Waals surface area contributed by atoms with Gasteiger partial charge in [0, 0.05) is 0 Å². The molecule has 0 amide bonds. The van der Waals surface area contributed by atoms with Crippen LogP contribution in [0.1, 0.15) is 39.7 Å². The summed E-state index contributed by atoms with van der Waals surface area (Å²) in [6.45, 7) is 7.56. The zero-order chi connectivity index (χ0) is 21.7. The molecular formula is C22H25F3O4. The Morgan fingerprint density at radius 2 is 1.38 bits per heavy atom. The van der Waals surface area contributed by atoms with Crippen molar-refractivity contribution in [1.29, 1.82) is 0 Å². The number of esters is 1. The molecule has 0 atom stereocenters. The van der Waals surface area contributed by atoms with Gasteiger partial charge in [-0.05, 0) is 82.6 Å². The van der Waals surface area contributed by atoms with Gasteiger partial charge in [-0.1, -0.05) is 0 Å². The van der Waals surface area contributed by atoms with E-state index in [0.717, 1.165) is 12.1 Å². The zero-order valence-electron chi connectivity index (χ0n) is 16.9. The van der Waals surface area contributed by atoms with Crippen molar-refractivity contribution in [3.63, 3.8) is 0 Å². The summed E-state index contributed by atoms with van der Waals surface area (Å²) in [7, 11) is 0. The molecule has 0 aliphatic carbocycles. The second-order valence-electron chi connectivity index (χ2n) is 7.53. The molecule has 158 valence electrons. The molecule has 0 unspecified atom stereocenters. The summed E-state index contributed by atoms with van der Waals surface area (Å²) in [6.07, 6.45) is -4.06. The van der Waals surface area contributed by atoms with E-state index in [1.165, 1.54) is 12.1 Å². The van der Waals surface area contributed by atoms with Crippen molar-refractivity contribution in [2.45, 2.75) is 46.4 Å². The highest BCUT2D eigenvalue weighted by Crippen LogP contribution is 2.32. The van der Waals surface area contributed by atoms with E-state index in [2.05, 4.69) is 0 Å². The Balaban J connectivity index is 1.86. The van der Waals surface area contributed by atoms with Crippen molar-refractivity contribution in [2.24, 2.45) is 5.41 Å². The molecule has 0 heterocycles. The lowest BCUT2D eigenvalue weighted by molar-refractivity contribution is -0.158. The smallest absolute Gasteiger partial charge is 0.416 e. The van der Waals surface area contributed by atoms with E-state index in [0.29, 0.717) is 30.3 Å². The Morgan fingerprint density at radius 3 is 1.86 bits per heavy atom. The lowest BCUT2D eigenvalue weighted by atomic mass is 9.90. The van der Waals surface area contributed by atoms with Crippen LogP contribution in [0.15, 0.2) is 48.5 Å². The van der Waals surface area contributed by atoms with E-state index in [1.54, 1.807) is 38.1 Å². The third-order valence-corrected chi connectivity index (χ3v) is 4.13. The van der Waals surface area contributed by atoms with Crippen LogP contribution in [-0.2, 0) is 15.7 Å². The van der Waals surface area contributed by atoms with Crippen LogP contribution < -0.4 is 9.47 Å². The molecular weight excluding hydrogens is 385 g/mol. The molecule has 0 radical (unpaired) electrons. The molecule has 0 spiro atoms. The van der Waals surface area contributed by atoms with Crippen molar-refractivity contribution in [3.05, 3.63) is 54.1 Å².